The molecule has 0 atom stereocenters. The number of benzene rings is 1. The molecule has 9 heteroatoms. The lowest BCUT2D eigenvalue weighted by Crippen LogP contribution is -2.48. The first-order valence-electron chi connectivity index (χ1n) is 8.67. The fourth-order valence-corrected chi connectivity index (χ4v) is 3.14. The van der Waals surface area contributed by atoms with Gasteiger partial charge in [-0.05, 0) is 24.3 Å². The van der Waals surface area contributed by atoms with Gasteiger partial charge in [-0.1, -0.05) is 12.1 Å². The van der Waals surface area contributed by atoms with Crippen LogP contribution in [0.1, 0.15) is 0 Å². The highest BCUT2D eigenvalue weighted by Gasteiger charge is 2.21. The molecule has 1 aliphatic heterocycles. The number of piperazine rings is 1. The van der Waals surface area contributed by atoms with E-state index < -0.39 is 0 Å². The Kier molecular flexibility index (Phi) is 4.68. The number of aromatic nitrogens is 4. The third-order valence-electron chi connectivity index (χ3n) is 4.64. The number of ether oxygens (including phenoxy) is 1. The van der Waals surface area contributed by atoms with Crippen LogP contribution in [-0.2, 0) is 9.53 Å². The Morgan fingerprint density at radius 1 is 1.11 bits per heavy atom. The molecular weight excluding hydrogens is 351 g/mol. The zero-order valence-electron chi connectivity index (χ0n) is 14.9. The smallest absolute Gasteiger partial charge is 0.319 e. The van der Waals surface area contributed by atoms with Crippen molar-refractivity contribution in [2.75, 3.05) is 44.7 Å². The first-order valence-corrected chi connectivity index (χ1v) is 8.67. The summed E-state index contributed by atoms with van der Waals surface area (Å²) in [6.45, 7) is 3.22. The molecule has 0 spiro atoms. The Labute approximate surface area is 155 Å². The molecule has 0 aliphatic carbocycles. The molecule has 0 amide bonds. The maximum absolute atomic E-state index is 14.1. The molecule has 1 aliphatic rings. The lowest BCUT2D eigenvalue weighted by Gasteiger charge is -2.34. The Morgan fingerprint density at radius 2 is 1.89 bits per heavy atom. The summed E-state index contributed by atoms with van der Waals surface area (Å²) >= 11 is 0. The highest BCUT2D eigenvalue weighted by atomic mass is 19.1. The minimum Gasteiger partial charge on any atom is -0.468 e. The predicted octanol–water partition coefficient (Wildman–Crippen LogP) is 1.23. The zero-order chi connectivity index (χ0) is 18.8. The van der Waals surface area contributed by atoms with Crippen LogP contribution in [0, 0.1) is 5.82 Å². The largest absolute Gasteiger partial charge is 0.468 e. The molecule has 1 fully saturated rings. The van der Waals surface area contributed by atoms with Crippen molar-refractivity contribution in [1.82, 2.24) is 24.7 Å². The summed E-state index contributed by atoms with van der Waals surface area (Å²) in [5, 5.41) is 12.8. The second-order valence-corrected chi connectivity index (χ2v) is 6.30. The van der Waals surface area contributed by atoms with Gasteiger partial charge in [-0.25, -0.2) is 4.39 Å². The summed E-state index contributed by atoms with van der Waals surface area (Å²) < 4.78 is 20.4. The van der Waals surface area contributed by atoms with Crippen molar-refractivity contribution in [3.8, 4) is 11.4 Å². The van der Waals surface area contributed by atoms with Crippen molar-refractivity contribution in [1.29, 1.82) is 0 Å². The van der Waals surface area contributed by atoms with Gasteiger partial charge >= 0.3 is 5.97 Å². The number of fused-ring (bicyclic) bond motifs is 1. The number of hydrogen-bond acceptors (Lipinski definition) is 7. The molecule has 1 aromatic carbocycles. The third-order valence-corrected chi connectivity index (χ3v) is 4.64. The minimum absolute atomic E-state index is 0.234. The van der Waals surface area contributed by atoms with Gasteiger partial charge in [0, 0.05) is 26.2 Å². The van der Waals surface area contributed by atoms with Gasteiger partial charge in [-0.2, -0.15) is 4.52 Å². The fraction of sp³-hybridized carbons (Fsp3) is 0.333. The highest BCUT2D eigenvalue weighted by molar-refractivity contribution is 5.71. The van der Waals surface area contributed by atoms with E-state index in [4.69, 9.17) is 4.74 Å². The third kappa shape index (κ3) is 3.45. The van der Waals surface area contributed by atoms with Crippen LogP contribution in [0.2, 0.25) is 0 Å². The van der Waals surface area contributed by atoms with Crippen molar-refractivity contribution in [3.63, 3.8) is 0 Å². The number of esters is 1. The quantitative estimate of drug-likeness (QED) is 0.639. The van der Waals surface area contributed by atoms with E-state index in [1.807, 2.05) is 17.0 Å². The van der Waals surface area contributed by atoms with E-state index in [0.29, 0.717) is 23.6 Å². The minimum atomic E-state index is -0.365. The van der Waals surface area contributed by atoms with E-state index in [9.17, 15) is 9.18 Å². The zero-order valence-corrected chi connectivity index (χ0v) is 14.9. The Hall–Kier alpha value is -3.07. The van der Waals surface area contributed by atoms with Gasteiger partial charge in [0.15, 0.2) is 11.5 Å². The van der Waals surface area contributed by atoms with Crippen molar-refractivity contribution >= 4 is 17.4 Å². The van der Waals surface area contributed by atoms with Crippen LogP contribution in [0.15, 0.2) is 36.4 Å². The first kappa shape index (κ1) is 17.3. The highest BCUT2D eigenvalue weighted by Crippen LogP contribution is 2.22. The van der Waals surface area contributed by atoms with E-state index in [1.165, 1.54) is 13.2 Å². The maximum Gasteiger partial charge on any atom is 0.319 e. The van der Waals surface area contributed by atoms with E-state index in [1.54, 1.807) is 22.7 Å². The number of nitrogens with zero attached hydrogens (tertiary/aromatic N) is 6. The van der Waals surface area contributed by atoms with E-state index in [-0.39, 0.29) is 11.8 Å². The summed E-state index contributed by atoms with van der Waals surface area (Å²) in [5.74, 6) is 0.532. The molecule has 0 saturated carbocycles. The average Bonchev–Trinajstić information content (AvgIpc) is 3.12. The SMILES string of the molecule is COC(=O)CN1CCN(c2ccc3nnc(-c4ccccc4F)n3n2)CC1. The molecule has 0 N–H and O–H groups in total. The molecule has 0 radical (unpaired) electrons. The molecule has 8 nitrogen and oxygen atoms in total. The van der Waals surface area contributed by atoms with Crippen LogP contribution in [0.5, 0.6) is 0 Å². The maximum atomic E-state index is 14.1. The Morgan fingerprint density at radius 3 is 2.63 bits per heavy atom. The van der Waals surface area contributed by atoms with Crippen molar-refractivity contribution in [2.24, 2.45) is 0 Å². The van der Waals surface area contributed by atoms with E-state index in [2.05, 4.69) is 20.2 Å². The number of rotatable bonds is 4. The fourth-order valence-electron chi connectivity index (χ4n) is 3.14. The number of hydrogen-bond donors (Lipinski definition) is 0. The summed E-state index contributed by atoms with van der Waals surface area (Å²) in [4.78, 5) is 15.6. The Balaban J connectivity index is 1.57. The Bertz CT molecular complexity index is 967. The molecule has 4 rings (SSSR count). The standard InChI is InChI=1S/C18H19FN6O2/c1-27-17(26)12-23-8-10-24(11-9-23)16-7-6-15-20-21-18(25(15)22-16)13-4-2-3-5-14(13)19/h2-7H,8-12H2,1H3. The van der Waals surface area contributed by atoms with Crippen LogP contribution in [0.25, 0.3) is 17.0 Å². The number of methoxy groups -OCH3 is 1. The normalized spacial score (nSPS) is 15.3. The molecule has 0 unspecified atom stereocenters. The summed E-state index contributed by atoms with van der Waals surface area (Å²) in [7, 11) is 1.39. The first-order chi connectivity index (χ1) is 13.2. The number of halogens is 1. The molecular formula is C18H19FN6O2. The number of anilines is 1. The average molecular weight is 370 g/mol. The van der Waals surface area contributed by atoms with Gasteiger partial charge in [-0.3, -0.25) is 9.69 Å². The molecule has 3 aromatic rings. The predicted molar refractivity (Wildman–Crippen MR) is 96.8 cm³/mol. The summed E-state index contributed by atoms with van der Waals surface area (Å²) in [6, 6.07) is 10.1. The van der Waals surface area contributed by atoms with Crippen LogP contribution < -0.4 is 4.90 Å². The van der Waals surface area contributed by atoms with Gasteiger partial charge in [0.1, 0.15) is 11.6 Å². The number of carbonyl (C=O) groups excluding carboxylic acids is 1. The molecule has 0 bridgehead atoms. The van der Waals surface area contributed by atoms with Crippen molar-refractivity contribution in [2.45, 2.75) is 0 Å². The summed E-state index contributed by atoms with van der Waals surface area (Å²) in [6.07, 6.45) is 0. The monoisotopic (exact) mass is 370 g/mol. The molecule has 1 saturated heterocycles. The van der Waals surface area contributed by atoms with Crippen LogP contribution in [0.3, 0.4) is 0 Å². The summed E-state index contributed by atoms with van der Waals surface area (Å²) in [5.41, 5.74) is 0.916. The van der Waals surface area contributed by atoms with Gasteiger partial charge in [0.2, 0.25) is 0 Å². The lowest BCUT2D eigenvalue weighted by molar-refractivity contribution is -0.142. The van der Waals surface area contributed by atoms with Crippen LogP contribution in [0.4, 0.5) is 10.2 Å². The van der Waals surface area contributed by atoms with E-state index in [0.717, 1.165) is 32.0 Å². The van der Waals surface area contributed by atoms with E-state index >= 15 is 0 Å². The second-order valence-electron chi connectivity index (χ2n) is 6.30. The van der Waals surface area contributed by atoms with Crippen molar-refractivity contribution in [3.05, 3.63) is 42.2 Å². The van der Waals surface area contributed by atoms with Gasteiger partial charge < -0.3 is 9.64 Å². The van der Waals surface area contributed by atoms with Gasteiger partial charge in [0.25, 0.3) is 0 Å². The van der Waals surface area contributed by atoms with Crippen molar-refractivity contribution < 1.29 is 13.9 Å². The molecule has 140 valence electrons. The molecule has 2 aromatic heterocycles. The molecule has 27 heavy (non-hydrogen) atoms. The topological polar surface area (TPSA) is 75.9 Å². The van der Waals surface area contributed by atoms with Crippen LogP contribution in [-0.4, -0.2) is 70.5 Å². The molecule has 3 heterocycles. The van der Waals surface area contributed by atoms with Gasteiger partial charge in [-0.15, -0.1) is 15.3 Å². The second kappa shape index (κ2) is 7.28. The van der Waals surface area contributed by atoms with Crippen LogP contribution >= 0.6 is 0 Å². The number of carbonyl (C=O) groups is 1. The van der Waals surface area contributed by atoms with Gasteiger partial charge in [0.05, 0.1) is 19.2 Å². The lowest BCUT2D eigenvalue weighted by atomic mass is 10.2.